The van der Waals surface area contributed by atoms with Crippen LogP contribution in [-0.2, 0) is 11.2 Å². The molecular formula is C17H23N3O. The summed E-state index contributed by atoms with van der Waals surface area (Å²) in [6, 6.07) is 8.05. The molecule has 0 spiro atoms. The minimum atomic E-state index is -0.549. The van der Waals surface area contributed by atoms with Crippen molar-refractivity contribution in [1.82, 2.24) is 10.3 Å². The molecule has 112 valence electrons. The summed E-state index contributed by atoms with van der Waals surface area (Å²) in [6.07, 6.45) is 6.54. The van der Waals surface area contributed by atoms with E-state index in [0.29, 0.717) is 0 Å². The summed E-state index contributed by atoms with van der Waals surface area (Å²) in [5.41, 5.74) is 7.94. The van der Waals surface area contributed by atoms with Gasteiger partial charge in [-0.25, -0.2) is 0 Å². The smallest absolute Gasteiger partial charge is 0.229 e. The Morgan fingerprint density at radius 3 is 2.86 bits per heavy atom. The van der Waals surface area contributed by atoms with Gasteiger partial charge in [0.25, 0.3) is 0 Å². The highest BCUT2D eigenvalue weighted by atomic mass is 16.2. The Morgan fingerprint density at radius 2 is 2.14 bits per heavy atom. The van der Waals surface area contributed by atoms with E-state index >= 15 is 0 Å². The molecule has 4 heteroatoms. The third-order valence-electron chi connectivity index (χ3n) is 3.70. The maximum Gasteiger partial charge on any atom is 0.229 e. The van der Waals surface area contributed by atoms with E-state index in [0.717, 1.165) is 11.9 Å². The number of carbonyl (C=O) groups excluding carboxylic acids is 1. The lowest BCUT2D eigenvalue weighted by atomic mass is 9.90. The standard InChI is InChI=1S/C17H23N3O/c1-17(2,16(21)19-3)9-8-13(18)10-12-11-20-15-7-5-4-6-14(12)15/h4-9,11,13,20H,10,18H2,1-3H3,(H,19,21)/b9-8+/t13-/m1/s1. The van der Waals surface area contributed by atoms with E-state index in [1.54, 1.807) is 7.05 Å². The van der Waals surface area contributed by atoms with Crippen LogP contribution in [0, 0.1) is 5.41 Å². The number of fused-ring (bicyclic) bond motifs is 1. The topological polar surface area (TPSA) is 70.9 Å². The van der Waals surface area contributed by atoms with Gasteiger partial charge < -0.3 is 16.0 Å². The Kier molecular flexibility index (Phi) is 4.48. The van der Waals surface area contributed by atoms with Crippen LogP contribution in [0.15, 0.2) is 42.6 Å². The summed E-state index contributed by atoms with van der Waals surface area (Å²) in [7, 11) is 1.64. The van der Waals surface area contributed by atoms with Crippen molar-refractivity contribution >= 4 is 16.8 Å². The third-order valence-corrected chi connectivity index (χ3v) is 3.70. The molecule has 0 saturated carbocycles. The molecule has 1 atom stereocenters. The van der Waals surface area contributed by atoms with Gasteiger partial charge in [-0.05, 0) is 31.9 Å². The lowest BCUT2D eigenvalue weighted by Crippen LogP contribution is -2.33. The van der Waals surface area contributed by atoms with Crippen LogP contribution in [0.25, 0.3) is 10.9 Å². The molecule has 0 aliphatic rings. The molecule has 0 fully saturated rings. The highest BCUT2D eigenvalue weighted by molar-refractivity contribution is 5.84. The summed E-state index contributed by atoms with van der Waals surface area (Å²) in [4.78, 5) is 15.0. The maximum absolute atomic E-state index is 11.7. The quantitative estimate of drug-likeness (QED) is 0.738. The van der Waals surface area contributed by atoms with Gasteiger partial charge >= 0.3 is 0 Å². The summed E-state index contributed by atoms with van der Waals surface area (Å²) >= 11 is 0. The van der Waals surface area contributed by atoms with E-state index < -0.39 is 5.41 Å². The van der Waals surface area contributed by atoms with Crippen LogP contribution in [0.4, 0.5) is 0 Å². The first-order valence-electron chi connectivity index (χ1n) is 7.16. The van der Waals surface area contributed by atoms with Crippen LogP contribution in [0.2, 0.25) is 0 Å². The van der Waals surface area contributed by atoms with Gasteiger partial charge in [0.2, 0.25) is 5.91 Å². The SMILES string of the molecule is CNC(=O)C(C)(C)/C=C/[C@@H](N)Cc1c[nH]c2ccccc12. The fourth-order valence-electron chi connectivity index (χ4n) is 2.38. The lowest BCUT2D eigenvalue weighted by Gasteiger charge is -2.18. The van der Waals surface area contributed by atoms with E-state index in [-0.39, 0.29) is 11.9 Å². The number of nitrogens with two attached hydrogens (primary N) is 1. The molecule has 0 unspecified atom stereocenters. The Bertz CT molecular complexity index is 655. The Morgan fingerprint density at radius 1 is 1.43 bits per heavy atom. The number of para-hydroxylation sites is 1. The van der Waals surface area contributed by atoms with Crippen molar-refractivity contribution in [3.8, 4) is 0 Å². The second-order valence-electron chi connectivity index (χ2n) is 5.89. The van der Waals surface area contributed by atoms with Gasteiger partial charge in [0, 0.05) is 30.2 Å². The minimum absolute atomic E-state index is 0.0157. The van der Waals surface area contributed by atoms with Crippen LogP contribution in [0.3, 0.4) is 0 Å². The van der Waals surface area contributed by atoms with E-state index in [4.69, 9.17) is 5.73 Å². The monoisotopic (exact) mass is 285 g/mol. The van der Waals surface area contributed by atoms with Gasteiger partial charge in [-0.2, -0.15) is 0 Å². The molecule has 2 aromatic rings. The normalized spacial score (nSPS) is 13.7. The molecule has 0 aliphatic carbocycles. The summed E-state index contributed by atoms with van der Waals surface area (Å²) in [6.45, 7) is 3.75. The Balaban J connectivity index is 2.08. The van der Waals surface area contributed by atoms with Crippen molar-refractivity contribution < 1.29 is 4.79 Å². The van der Waals surface area contributed by atoms with Gasteiger partial charge in [-0.3, -0.25) is 4.79 Å². The maximum atomic E-state index is 11.7. The van der Waals surface area contributed by atoms with Crippen LogP contribution >= 0.6 is 0 Å². The predicted molar refractivity (Wildman–Crippen MR) is 87.0 cm³/mol. The molecule has 0 saturated heterocycles. The van der Waals surface area contributed by atoms with E-state index in [1.807, 2.05) is 44.3 Å². The molecule has 4 N–H and O–H groups in total. The van der Waals surface area contributed by atoms with Crippen molar-refractivity contribution in [3.05, 3.63) is 48.2 Å². The highest BCUT2D eigenvalue weighted by Crippen LogP contribution is 2.20. The predicted octanol–water partition coefficient (Wildman–Crippen LogP) is 2.37. The molecular weight excluding hydrogens is 262 g/mol. The van der Waals surface area contributed by atoms with Gasteiger partial charge in [0.1, 0.15) is 0 Å². The average Bonchev–Trinajstić information content (AvgIpc) is 2.88. The van der Waals surface area contributed by atoms with Crippen LogP contribution in [0.5, 0.6) is 0 Å². The van der Waals surface area contributed by atoms with E-state index in [1.165, 1.54) is 10.9 Å². The number of rotatable bonds is 5. The molecule has 0 radical (unpaired) electrons. The number of aromatic amines is 1. The highest BCUT2D eigenvalue weighted by Gasteiger charge is 2.23. The zero-order valence-electron chi connectivity index (χ0n) is 12.8. The lowest BCUT2D eigenvalue weighted by molar-refractivity contribution is -0.126. The average molecular weight is 285 g/mol. The van der Waals surface area contributed by atoms with Crippen LogP contribution in [0.1, 0.15) is 19.4 Å². The van der Waals surface area contributed by atoms with Gasteiger partial charge in [-0.15, -0.1) is 0 Å². The number of hydrogen-bond donors (Lipinski definition) is 3. The molecule has 0 bridgehead atoms. The second kappa shape index (κ2) is 6.14. The largest absolute Gasteiger partial charge is 0.361 e. The molecule has 0 aliphatic heterocycles. The Labute approximate surface area is 125 Å². The van der Waals surface area contributed by atoms with Crippen LogP contribution in [-0.4, -0.2) is 24.0 Å². The summed E-state index contributed by atoms with van der Waals surface area (Å²) < 4.78 is 0. The third kappa shape index (κ3) is 3.52. The number of aromatic nitrogens is 1. The number of carbonyl (C=O) groups is 1. The van der Waals surface area contributed by atoms with Crippen molar-refractivity contribution in [2.45, 2.75) is 26.3 Å². The first-order chi connectivity index (χ1) is 9.94. The van der Waals surface area contributed by atoms with E-state index in [9.17, 15) is 4.79 Å². The van der Waals surface area contributed by atoms with Crippen molar-refractivity contribution in [2.75, 3.05) is 7.05 Å². The molecule has 4 nitrogen and oxygen atoms in total. The molecule has 1 amide bonds. The first kappa shape index (κ1) is 15.3. The molecule has 1 aromatic carbocycles. The fourth-order valence-corrected chi connectivity index (χ4v) is 2.38. The fraction of sp³-hybridized carbons (Fsp3) is 0.353. The molecule has 21 heavy (non-hydrogen) atoms. The minimum Gasteiger partial charge on any atom is -0.361 e. The van der Waals surface area contributed by atoms with E-state index in [2.05, 4.69) is 22.4 Å². The second-order valence-corrected chi connectivity index (χ2v) is 5.89. The Hall–Kier alpha value is -2.07. The molecule has 1 aromatic heterocycles. The summed E-state index contributed by atoms with van der Waals surface area (Å²) in [5.74, 6) is -0.0157. The van der Waals surface area contributed by atoms with Gasteiger partial charge in [-0.1, -0.05) is 30.4 Å². The zero-order chi connectivity index (χ0) is 15.5. The van der Waals surface area contributed by atoms with Gasteiger partial charge in [0.05, 0.1) is 5.41 Å². The number of H-pyrrole nitrogens is 1. The molecule has 2 rings (SSSR count). The van der Waals surface area contributed by atoms with Crippen molar-refractivity contribution in [2.24, 2.45) is 11.1 Å². The first-order valence-corrected chi connectivity index (χ1v) is 7.16. The number of hydrogen-bond acceptors (Lipinski definition) is 2. The van der Waals surface area contributed by atoms with Crippen LogP contribution < -0.4 is 11.1 Å². The summed E-state index contributed by atoms with van der Waals surface area (Å²) in [5, 5.41) is 3.86. The number of nitrogens with one attached hydrogen (secondary N) is 2. The van der Waals surface area contributed by atoms with Crippen molar-refractivity contribution in [3.63, 3.8) is 0 Å². The molecule has 1 heterocycles. The number of amides is 1. The number of benzene rings is 1. The zero-order valence-corrected chi connectivity index (χ0v) is 12.8. The van der Waals surface area contributed by atoms with Gasteiger partial charge in [0.15, 0.2) is 0 Å². The van der Waals surface area contributed by atoms with Crippen molar-refractivity contribution in [1.29, 1.82) is 0 Å².